The van der Waals surface area contributed by atoms with Gasteiger partial charge in [-0.2, -0.15) is 0 Å². The largest absolute Gasteiger partial charge is 0.465 e. The number of carboxylic acid groups (broad SMARTS) is 1. The van der Waals surface area contributed by atoms with Gasteiger partial charge in [-0.05, 0) is 24.1 Å². The predicted octanol–water partition coefficient (Wildman–Crippen LogP) is 0.219. The summed E-state index contributed by atoms with van der Waals surface area (Å²) in [5.74, 6) is -0.855. The molecule has 3 rings (SSSR count). The fourth-order valence-electron chi connectivity index (χ4n) is 3.61. The highest BCUT2D eigenvalue weighted by molar-refractivity contribution is 7.93. The van der Waals surface area contributed by atoms with Crippen LogP contribution in [0.5, 0.6) is 0 Å². The van der Waals surface area contributed by atoms with Gasteiger partial charge in [0.1, 0.15) is 4.75 Å². The smallest absolute Gasteiger partial charge is 0.404 e. The summed E-state index contributed by atoms with van der Waals surface area (Å²) in [6.07, 6.45) is 1.73. The van der Waals surface area contributed by atoms with E-state index in [1.807, 2.05) is 17.0 Å². The minimum atomic E-state index is -3.41. The van der Waals surface area contributed by atoms with Gasteiger partial charge in [-0.25, -0.2) is 18.7 Å². The average molecular weight is 381 g/mol. The first-order valence-corrected chi connectivity index (χ1v) is 9.59. The maximum absolute atomic E-state index is 12.5. The fourth-order valence-corrected chi connectivity index (χ4v) is 5.85. The lowest BCUT2D eigenvalue weighted by atomic mass is 9.91. The zero-order valence-electron chi connectivity index (χ0n) is 13.8. The lowest BCUT2D eigenvalue weighted by molar-refractivity contribution is -0.124. The molecule has 1 spiro atoms. The van der Waals surface area contributed by atoms with Crippen molar-refractivity contribution in [1.82, 2.24) is 10.8 Å². The third-order valence-corrected chi connectivity index (χ3v) is 7.37. The van der Waals surface area contributed by atoms with E-state index < -0.39 is 32.6 Å². The van der Waals surface area contributed by atoms with Gasteiger partial charge in [0.2, 0.25) is 0 Å². The van der Waals surface area contributed by atoms with E-state index in [0.29, 0.717) is 5.56 Å². The molecule has 0 radical (unpaired) electrons. The zero-order chi connectivity index (χ0) is 18.9. The van der Waals surface area contributed by atoms with Crippen molar-refractivity contribution >= 4 is 33.6 Å². The summed E-state index contributed by atoms with van der Waals surface area (Å²) in [5.41, 5.74) is 2.99. The summed E-state index contributed by atoms with van der Waals surface area (Å²) in [5, 5.41) is 19.6. The van der Waals surface area contributed by atoms with Crippen LogP contribution in [0.4, 0.5) is 10.5 Å². The Hall–Kier alpha value is -2.59. The molecule has 2 heterocycles. The van der Waals surface area contributed by atoms with Crippen LogP contribution in [0.1, 0.15) is 12.0 Å². The Labute approximate surface area is 150 Å². The standard InChI is InChI=1S/C16H19N3O6S/c20-14(18-23)6-5-11-3-1-2-4-13(11)19-9-16(10-19)7-12(17-15(21)22)8-26(16,24)25/h1-6,12,17,23H,7-10H2,(H,18,20)(H,21,22). The minimum absolute atomic E-state index is 0.189. The maximum atomic E-state index is 12.5. The normalized spacial score (nSPS) is 23.0. The van der Waals surface area contributed by atoms with Gasteiger partial charge in [0.05, 0.1) is 5.75 Å². The predicted molar refractivity (Wildman–Crippen MR) is 93.7 cm³/mol. The van der Waals surface area contributed by atoms with E-state index in [-0.39, 0.29) is 25.3 Å². The van der Waals surface area contributed by atoms with E-state index in [0.717, 1.165) is 5.69 Å². The van der Waals surface area contributed by atoms with Crippen molar-refractivity contribution in [3.05, 3.63) is 35.9 Å². The summed E-state index contributed by atoms with van der Waals surface area (Å²) in [6.45, 7) is 0.536. The van der Waals surface area contributed by atoms with Gasteiger partial charge in [-0.3, -0.25) is 10.0 Å². The molecule has 0 bridgehead atoms. The highest BCUT2D eigenvalue weighted by Gasteiger charge is 2.59. The summed E-state index contributed by atoms with van der Waals surface area (Å²) in [4.78, 5) is 23.8. The molecular weight excluding hydrogens is 362 g/mol. The molecule has 1 aromatic rings. The van der Waals surface area contributed by atoms with E-state index in [9.17, 15) is 18.0 Å². The van der Waals surface area contributed by atoms with Crippen LogP contribution in [0.25, 0.3) is 6.08 Å². The molecule has 2 fully saturated rings. The Kier molecular flexibility index (Phi) is 4.63. The molecule has 9 nitrogen and oxygen atoms in total. The molecule has 0 aliphatic carbocycles. The highest BCUT2D eigenvalue weighted by Crippen LogP contribution is 2.43. The molecule has 10 heteroatoms. The van der Waals surface area contributed by atoms with Crippen molar-refractivity contribution in [2.75, 3.05) is 23.7 Å². The average Bonchev–Trinajstić information content (AvgIpc) is 2.80. The lowest BCUT2D eigenvalue weighted by Crippen LogP contribution is -2.64. The summed E-state index contributed by atoms with van der Waals surface area (Å²) in [6, 6.07) is 6.59. The second-order valence-electron chi connectivity index (χ2n) is 6.54. The molecule has 2 saturated heterocycles. The van der Waals surface area contributed by atoms with Crippen molar-refractivity contribution in [3.63, 3.8) is 0 Å². The molecule has 1 aromatic carbocycles. The van der Waals surface area contributed by atoms with Crippen LogP contribution in [-0.2, 0) is 14.6 Å². The first kappa shape index (κ1) is 18.2. The molecule has 2 amide bonds. The van der Waals surface area contributed by atoms with Crippen LogP contribution in [0.15, 0.2) is 30.3 Å². The van der Waals surface area contributed by atoms with Crippen molar-refractivity contribution in [2.24, 2.45) is 0 Å². The zero-order valence-corrected chi connectivity index (χ0v) is 14.6. The molecule has 0 aromatic heterocycles. The number of rotatable bonds is 4. The highest BCUT2D eigenvalue weighted by atomic mass is 32.2. The number of anilines is 1. The van der Waals surface area contributed by atoms with Crippen molar-refractivity contribution in [2.45, 2.75) is 17.2 Å². The number of carbonyl (C=O) groups excluding carboxylic acids is 1. The van der Waals surface area contributed by atoms with E-state index >= 15 is 0 Å². The summed E-state index contributed by atoms with van der Waals surface area (Å²) >= 11 is 0. The van der Waals surface area contributed by atoms with Gasteiger partial charge in [0.25, 0.3) is 5.91 Å². The van der Waals surface area contributed by atoms with Crippen LogP contribution < -0.4 is 15.7 Å². The topological polar surface area (TPSA) is 136 Å². The number of amides is 2. The van der Waals surface area contributed by atoms with Crippen LogP contribution in [0.3, 0.4) is 0 Å². The monoisotopic (exact) mass is 381 g/mol. The van der Waals surface area contributed by atoms with E-state index in [2.05, 4.69) is 5.32 Å². The number of para-hydroxylation sites is 1. The second-order valence-corrected chi connectivity index (χ2v) is 8.97. The van der Waals surface area contributed by atoms with Gasteiger partial charge in [0.15, 0.2) is 9.84 Å². The van der Waals surface area contributed by atoms with Crippen LogP contribution in [-0.4, -0.2) is 60.4 Å². The number of hydroxylamine groups is 1. The maximum Gasteiger partial charge on any atom is 0.404 e. The number of hydrogen-bond acceptors (Lipinski definition) is 6. The minimum Gasteiger partial charge on any atom is -0.465 e. The molecule has 0 saturated carbocycles. The Morgan fingerprint density at radius 2 is 1.96 bits per heavy atom. The molecule has 26 heavy (non-hydrogen) atoms. The summed E-state index contributed by atoms with van der Waals surface area (Å²) < 4.78 is 24.1. The Morgan fingerprint density at radius 3 is 2.62 bits per heavy atom. The first-order valence-electron chi connectivity index (χ1n) is 7.94. The summed E-state index contributed by atoms with van der Waals surface area (Å²) in [7, 11) is -3.41. The van der Waals surface area contributed by atoms with E-state index in [4.69, 9.17) is 10.3 Å². The van der Waals surface area contributed by atoms with Crippen LogP contribution in [0.2, 0.25) is 0 Å². The third kappa shape index (κ3) is 3.25. The van der Waals surface area contributed by atoms with Gasteiger partial charge in [-0.1, -0.05) is 18.2 Å². The van der Waals surface area contributed by atoms with Gasteiger partial charge in [-0.15, -0.1) is 0 Å². The molecular formula is C16H19N3O6S. The Balaban J connectivity index is 1.77. The fraction of sp³-hybridized carbons (Fsp3) is 0.375. The lowest BCUT2D eigenvalue weighted by Gasteiger charge is -2.48. The molecule has 4 N–H and O–H groups in total. The van der Waals surface area contributed by atoms with Crippen molar-refractivity contribution < 1.29 is 28.3 Å². The number of sulfone groups is 1. The third-order valence-electron chi connectivity index (χ3n) is 4.79. The SMILES string of the molecule is O=C(O)NC1CC2(CN(c3ccccc3C=CC(=O)NO)C2)S(=O)(=O)C1. The number of carbonyl (C=O) groups is 2. The molecule has 2 aliphatic heterocycles. The van der Waals surface area contributed by atoms with Crippen LogP contribution >= 0.6 is 0 Å². The quantitative estimate of drug-likeness (QED) is 0.333. The van der Waals surface area contributed by atoms with E-state index in [1.165, 1.54) is 17.6 Å². The van der Waals surface area contributed by atoms with E-state index in [1.54, 1.807) is 12.1 Å². The Bertz CT molecular complexity index is 860. The van der Waals surface area contributed by atoms with Crippen LogP contribution in [0, 0.1) is 0 Å². The van der Waals surface area contributed by atoms with Crippen molar-refractivity contribution in [3.8, 4) is 0 Å². The Morgan fingerprint density at radius 1 is 1.27 bits per heavy atom. The number of hydrogen-bond donors (Lipinski definition) is 4. The number of nitrogens with zero attached hydrogens (tertiary/aromatic N) is 1. The molecule has 1 atom stereocenters. The second kappa shape index (κ2) is 6.61. The molecule has 2 aliphatic rings. The van der Waals surface area contributed by atoms with Crippen molar-refractivity contribution in [1.29, 1.82) is 0 Å². The first-order chi connectivity index (χ1) is 12.3. The molecule has 1 unspecified atom stereocenters. The van der Waals surface area contributed by atoms with Gasteiger partial charge >= 0.3 is 6.09 Å². The molecule has 140 valence electrons. The number of benzene rings is 1. The van der Waals surface area contributed by atoms with Gasteiger partial charge in [0, 0.05) is 30.9 Å². The van der Waals surface area contributed by atoms with Gasteiger partial charge < -0.3 is 15.3 Å². The number of nitrogens with one attached hydrogen (secondary N) is 2.